The van der Waals surface area contributed by atoms with E-state index in [1.54, 1.807) is 12.1 Å². The number of amides is 1. The molecule has 9 nitrogen and oxygen atoms in total. The van der Waals surface area contributed by atoms with Gasteiger partial charge in [-0.1, -0.05) is 5.92 Å². The Kier molecular flexibility index (Phi) is 11.3. The zero-order valence-electron chi connectivity index (χ0n) is 18.8. The fraction of sp³-hybridized carbons (Fsp3) is 0.609. The molecule has 1 aromatic carbocycles. The summed E-state index contributed by atoms with van der Waals surface area (Å²) in [7, 11) is 0. The molecule has 0 spiro atoms. The minimum Gasteiger partial charge on any atom is -0.490 e. The van der Waals surface area contributed by atoms with Gasteiger partial charge in [0.1, 0.15) is 30.8 Å². The maximum atomic E-state index is 11.8. The number of benzene rings is 1. The van der Waals surface area contributed by atoms with E-state index in [0.29, 0.717) is 49.7 Å². The second-order valence-corrected chi connectivity index (χ2v) is 7.74. The van der Waals surface area contributed by atoms with Crippen LogP contribution in [0.2, 0.25) is 0 Å². The first-order valence-electron chi connectivity index (χ1n) is 10.8. The lowest BCUT2D eigenvalue weighted by molar-refractivity contribution is -0.116. The number of carbonyl (C=O) groups is 1. The molecule has 1 amide bonds. The van der Waals surface area contributed by atoms with E-state index in [4.69, 9.17) is 25.4 Å². The summed E-state index contributed by atoms with van der Waals surface area (Å²) < 4.78 is 22.1. The molecule has 0 fully saturated rings. The lowest BCUT2D eigenvalue weighted by atomic mass is 10.0. The summed E-state index contributed by atoms with van der Waals surface area (Å²) in [6, 6.07) is 3.41. The summed E-state index contributed by atoms with van der Waals surface area (Å²) in [4.78, 5) is 11.8. The predicted octanol–water partition coefficient (Wildman–Crippen LogP) is 0.715. The predicted molar refractivity (Wildman–Crippen MR) is 120 cm³/mol. The molecular formula is C23H34N2O7. The van der Waals surface area contributed by atoms with Crippen LogP contribution in [0.25, 0.3) is 0 Å². The van der Waals surface area contributed by atoms with Gasteiger partial charge >= 0.3 is 0 Å². The van der Waals surface area contributed by atoms with Crippen LogP contribution in [0.3, 0.4) is 0 Å². The van der Waals surface area contributed by atoms with Crippen LogP contribution in [-0.2, 0) is 20.7 Å². The van der Waals surface area contributed by atoms with Gasteiger partial charge in [-0.25, -0.2) is 0 Å². The molecule has 1 aromatic rings. The molecule has 2 atom stereocenters. The zero-order chi connectivity index (χ0) is 23.3. The molecule has 0 aromatic heterocycles. The van der Waals surface area contributed by atoms with Crippen molar-refractivity contribution < 1.29 is 34.0 Å². The van der Waals surface area contributed by atoms with Crippen molar-refractivity contribution in [2.45, 2.75) is 45.0 Å². The number of rotatable bonds is 15. The van der Waals surface area contributed by atoms with Crippen LogP contribution in [0.5, 0.6) is 11.5 Å². The maximum absolute atomic E-state index is 11.8. The highest BCUT2D eigenvalue weighted by molar-refractivity contribution is 5.96. The molecule has 9 heteroatoms. The monoisotopic (exact) mass is 450 g/mol. The average Bonchev–Trinajstić information content (AvgIpc) is 2.76. The minimum absolute atomic E-state index is 0.00579. The third-order valence-corrected chi connectivity index (χ3v) is 4.57. The molecule has 32 heavy (non-hydrogen) atoms. The van der Waals surface area contributed by atoms with E-state index in [9.17, 15) is 15.0 Å². The molecule has 2 unspecified atom stereocenters. The van der Waals surface area contributed by atoms with Crippen molar-refractivity contribution in [1.82, 2.24) is 5.32 Å². The summed E-state index contributed by atoms with van der Waals surface area (Å²) in [5, 5.41) is 26.0. The van der Waals surface area contributed by atoms with Gasteiger partial charge in [-0.05, 0) is 32.4 Å². The summed E-state index contributed by atoms with van der Waals surface area (Å²) in [5.41, 5.74) is 1.35. The molecule has 1 heterocycles. The van der Waals surface area contributed by atoms with Crippen molar-refractivity contribution in [3.8, 4) is 23.8 Å². The van der Waals surface area contributed by atoms with Crippen molar-refractivity contribution in [2.24, 2.45) is 0 Å². The first kappa shape index (κ1) is 25.9. The van der Waals surface area contributed by atoms with E-state index in [2.05, 4.69) is 16.6 Å². The Bertz CT molecular complexity index is 763. The second kappa shape index (κ2) is 13.9. The van der Waals surface area contributed by atoms with Gasteiger partial charge in [0.15, 0.2) is 0 Å². The molecule has 1 aliphatic rings. The number of anilines is 1. The fourth-order valence-corrected chi connectivity index (χ4v) is 3.08. The Morgan fingerprint density at radius 2 is 1.88 bits per heavy atom. The fourth-order valence-electron chi connectivity index (χ4n) is 3.08. The first-order valence-corrected chi connectivity index (χ1v) is 10.8. The molecule has 0 bridgehead atoms. The number of nitrogens with one attached hydrogen (secondary N) is 2. The molecular weight excluding hydrogens is 416 g/mol. The molecule has 178 valence electrons. The number of aliphatic hydroxyl groups excluding tert-OH is 2. The van der Waals surface area contributed by atoms with Crippen LogP contribution in [0.15, 0.2) is 12.1 Å². The SMILES string of the molecule is C#CCOc1ccc(OCC(O)COCC(O)CNCCOC(C)C)c2c1NC(=O)CC2. The lowest BCUT2D eigenvalue weighted by Gasteiger charge is -2.23. The van der Waals surface area contributed by atoms with Gasteiger partial charge in [0.2, 0.25) is 5.91 Å². The Balaban J connectivity index is 1.73. The highest BCUT2D eigenvalue weighted by atomic mass is 16.5. The molecule has 0 aliphatic carbocycles. The van der Waals surface area contributed by atoms with Gasteiger partial charge in [0.25, 0.3) is 0 Å². The number of aliphatic hydroxyl groups is 2. The number of hydrogen-bond donors (Lipinski definition) is 4. The molecule has 0 saturated heterocycles. The van der Waals surface area contributed by atoms with Gasteiger partial charge in [-0.15, -0.1) is 6.42 Å². The van der Waals surface area contributed by atoms with Gasteiger partial charge < -0.3 is 39.8 Å². The van der Waals surface area contributed by atoms with E-state index in [1.807, 2.05) is 13.8 Å². The number of hydrogen-bond acceptors (Lipinski definition) is 8. The molecule has 2 rings (SSSR count). The zero-order valence-corrected chi connectivity index (χ0v) is 18.8. The standard InChI is InChI=1S/C23H34N2O7/c1-4-10-31-21-7-6-20(19-5-8-22(28)25-23(19)21)32-15-18(27)14-29-13-17(26)12-24-9-11-30-16(2)3/h1,6-7,16-18,24,26-27H,5,8-15H2,2-3H3,(H,25,28). The third kappa shape index (κ3) is 9.02. The molecule has 0 radical (unpaired) electrons. The number of fused-ring (bicyclic) bond motifs is 1. The Morgan fingerprint density at radius 3 is 2.62 bits per heavy atom. The van der Waals surface area contributed by atoms with Crippen LogP contribution in [0, 0.1) is 12.3 Å². The van der Waals surface area contributed by atoms with E-state index < -0.39 is 12.2 Å². The average molecular weight is 451 g/mol. The normalized spacial score (nSPS) is 14.9. The topological polar surface area (TPSA) is 119 Å². The Morgan fingerprint density at radius 1 is 1.12 bits per heavy atom. The van der Waals surface area contributed by atoms with Gasteiger partial charge in [-0.3, -0.25) is 4.79 Å². The Labute approximate surface area is 189 Å². The van der Waals surface area contributed by atoms with E-state index in [1.165, 1.54) is 0 Å². The van der Waals surface area contributed by atoms with E-state index in [-0.39, 0.29) is 38.4 Å². The van der Waals surface area contributed by atoms with Crippen molar-refractivity contribution in [3.63, 3.8) is 0 Å². The van der Waals surface area contributed by atoms with Crippen LogP contribution in [0.1, 0.15) is 25.8 Å². The first-order chi connectivity index (χ1) is 15.4. The number of carbonyl (C=O) groups excluding carboxylic acids is 1. The number of ether oxygens (including phenoxy) is 4. The van der Waals surface area contributed by atoms with Crippen molar-refractivity contribution in [1.29, 1.82) is 0 Å². The third-order valence-electron chi connectivity index (χ3n) is 4.57. The smallest absolute Gasteiger partial charge is 0.224 e. The highest BCUT2D eigenvalue weighted by Crippen LogP contribution is 2.38. The molecule has 0 saturated carbocycles. The number of terminal acetylenes is 1. The molecule has 1 aliphatic heterocycles. The Hall–Kier alpha value is -2.35. The summed E-state index contributed by atoms with van der Waals surface area (Å²) in [5.74, 6) is 3.34. The van der Waals surface area contributed by atoms with E-state index >= 15 is 0 Å². The lowest BCUT2D eigenvalue weighted by Crippen LogP contribution is -2.34. The van der Waals surface area contributed by atoms with Gasteiger partial charge in [0, 0.05) is 25.1 Å². The van der Waals surface area contributed by atoms with Gasteiger partial charge in [-0.2, -0.15) is 0 Å². The van der Waals surface area contributed by atoms with Crippen molar-refractivity contribution >= 4 is 11.6 Å². The van der Waals surface area contributed by atoms with Crippen molar-refractivity contribution in [3.05, 3.63) is 17.7 Å². The summed E-state index contributed by atoms with van der Waals surface area (Å²) >= 11 is 0. The maximum Gasteiger partial charge on any atom is 0.224 e. The summed E-state index contributed by atoms with van der Waals surface area (Å²) in [6.45, 7) is 5.74. The highest BCUT2D eigenvalue weighted by Gasteiger charge is 2.23. The van der Waals surface area contributed by atoms with E-state index in [0.717, 1.165) is 5.56 Å². The van der Waals surface area contributed by atoms with Crippen LogP contribution < -0.4 is 20.1 Å². The quantitative estimate of drug-likeness (QED) is 0.228. The van der Waals surface area contributed by atoms with Crippen LogP contribution in [-0.4, -0.2) is 80.6 Å². The largest absolute Gasteiger partial charge is 0.490 e. The van der Waals surface area contributed by atoms with Crippen molar-refractivity contribution in [2.75, 3.05) is 51.4 Å². The van der Waals surface area contributed by atoms with Crippen LogP contribution >= 0.6 is 0 Å². The summed E-state index contributed by atoms with van der Waals surface area (Å²) in [6.07, 6.45) is 4.70. The van der Waals surface area contributed by atoms with Gasteiger partial charge in [0.05, 0.1) is 37.7 Å². The minimum atomic E-state index is -0.874. The van der Waals surface area contributed by atoms with Crippen LogP contribution in [0.4, 0.5) is 5.69 Å². The molecule has 4 N–H and O–H groups in total. The second-order valence-electron chi connectivity index (χ2n) is 7.74.